The lowest BCUT2D eigenvalue weighted by Crippen LogP contribution is -2.03. The summed E-state index contributed by atoms with van der Waals surface area (Å²) in [7, 11) is -6.23. The van der Waals surface area contributed by atoms with Crippen LogP contribution >= 0.6 is 0 Å². The fourth-order valence-electron chi connectivity index (χ4n) is 4.51. The largest absolute Gasteiger partial charge is 0.478 e. The Hall–Kier alpha value is -5.84. The zero-order valence-electron chi connectivity index (χ0n) is 22.1. The molecular formula is C29H16N4O8S2. The van der Waals surface area contributed by atoms with E-state index in [4.69, 9.17) is 17.9 Å². The molecule has 0 aromatic heterocycles. The fraction of sp³-hybridized carbons (Fsp3) is 0.0690. The van der Waals surface area contributed by atoms with Gasteiger partial charge in [-0.15, -0.1) is 0 Å². The van der Waals surface area contributed by atoms with Crippen molar-refractivity contribution in [2.75, 3.05) is 14.2 Å². The number of ether oxygens (including phenoxy) is 1. The fourth-order valence-corrected chi connectivity index (χ4v) is 7.84. The third-order valence-corrected chi connectivity index (χ3v) is 10.0. The van der Waals surface area contributed by atoms with Crippen LogP contribution in [0, 0.1) is 24.5 Å². The van der Waals surface area contributed by atoms with E-state index in [-0.39, 0.29) is 48.9 Å². The third kappa shape index (κ3) is 4.86. The van der Waals surface area contributed by atoms with Gasteiger partial charge in [-0.3, -0.25) is 4.99 Å². The number of aromatic carboxylic acids is 1. The van der Waals surface area contributed by atoms with E-state index in [9.17, 15) is 36.8 Å². The van der Waals surface area contributed by atoms with E-state index in [0.717, 1.165) is 43.5 Å². The first-order chi connectivity index (χ1) is 20.4. The van der Waals surface area contributed by atoms with Crippen molar-refractivity contribution in [3.8, 4) is 6.07 Å². The van der Waals surface area contributed by atoms with Crippen LogP contribution in [0.25, 0.3) is 20.8 Å². The Labute approximate surface area is 245 Å². The average Bonchev–Trinajstić information content (AvgIpc) is 3.34. The summed E-state index contributed by atoms with van der Waals surface area (Å²) in [4.78, 5) is 32.3. The molecular weight excluding hydrogens is 596 g/mol. The first-order valence-electron chi connectivity index (χ1n) is 11.7. The summed E-state index contributed by atoms with van der Waals surface area (Å²) >= 11 is 0. The summed E-state index contributed by atoms with van der Waals surface area (Å²) in [6.07, 6.45) is 3.06. The Morgan fingerprint density at radius 2 is 1.63 bits per heavy atom. The molecule has 0 radical (unpaired) electrons. The van der Waals surface area contributed by atoms with Crippen LogP contribution in [0.1, 0.15) is 31.8 Å². The number of esters is 1. The molecule has 0 aliphatic carbocycles. The maximum atomic E-state index is 13.6. The molecule has 0 atom stereocenters. The molecule has 0 amide bonds. The van der Waals surface area contributed by atoms with Crippen molar-refractivity contribution < 1.29 is 36.3 Å². The zero-order chi connectivity index (χ0) is 31.7. The van der Waals surface area contributed by atoms with Gasteiger partial charge < -0.3 is 9.84 Å². The molecule has 2 aromatic rings. The van der Waals surface area contributed by atoms with E-state index in [0.29, 0.717) is 0 Å². The van der Waals surface area contributed by atoms with Crippen LogP contribution < -0.4 is 0 Å². The number of hydrogen-bond donors (Lipinski definition) is 1. The number of fused-ring (bicyclic) bond motifs is 2. The third-order valence-electron chi connectivity index (χ3n) is 6.33. The molecule has 2 aliphatic rings. The lowest BCUT2D eigenvalue weighted by atomic mass is 10.00. The van der Waals surface area contributed by atoms with Crippen LogP contribution in [0.2, 0.25) is 0 Å². The second-order valence-corrected chi connectivity index (χ2v) is 12.4. The van der Waals surface area contributed by atoms with Crippen LogP contribution in [-0.4, -0.2) is 53.9 Å². The van der Waals surface area contributed by atoms with Gasteiger partial charge in [-0.2, -0.15) is 0 Å². The van der Waals surface area contributed by atoms with Gasteiger partial charge in [0.2, 0.25) is 19.7 Å². The van der Waals surface area contributed by atoms with E-state index in [2.05, 4.69) is 20.6 Å². The summed E-state index contributed by atoms with van der Waals surface area (Å²) < 4.78 is 58.8. The van der Waals surface area contributed by atoms with Crippen molar-refractivity contribution in [2.45, 2.75) is 9.79 Å². The smallest absolute Gasteiger partial charge is 0.337 e. The maximum absolute atomic E-state index is 13.6. The van der Waals surface area contributed by atoms with E-state index in [1.165, 1.54) is 25.2 Å². The van der Waals surface area contributed by atoms with Crippen molar-refractivity contribution in [1.29, 1.82) is 5.26 Å². The highest BCUT2D eigenvalue weighted by Crippen LogP contribution is 2.46. The quantitative estimate of drug-likeness (QED) is 0.227. The number of sulfone groups is 2. The molecule has 4 rings (SSSR count). The highest BCUT2D eigenvalue weighted by Gasteiger charge is 2.39. The summed E-state index contributed by atoms with van der Waals surface area (Å²) in [5, 5.41) is 18.9. The van der Waals surface area contributed by atoms with Gasteiger partial charge in [0.05, 0.1) is 57.1 Å². The van der Waals surface area contributed by atoms with Crippen LogP contribution in [0.5, 0.6) is 0 Å². The van der Waals surface area contributed by atoms with Gasteiger partial charge in [-0.25, -0.2) is 41.4 Å². The first kappa shape index (κ1) is 30.1. The molecule has 2 aromatic carbocycles. The lowest BCUT2D eigenvalue weighted by molar-refractivity contribution is 0.0599. The topological polar surface area (TPSA) is 177 Å². The van der Waals surface area contributed by atoms with E-state index < -0.39 is 47.1 Å². The number of hydrogen-bond acceptors (Lipinski definition) is 9. The van der Waals surface area contributed by atoms with Crippen molar-refractivity contribution in [1.82, 2.24) is 0 Å². The van der Waals surface area contributed by atoms with Gasteiger partial charge in [-0.05, 0) is 65.5 Å². The van der Waals surface area contributed by atoms with Gasteiger partial charge in [0.25, 0.3) is 11.4 Å². The number of benzene rings is 2. The second-order valence-electron chi connectivity index (χ2n) is 8.60. The summed E-state index contributed by atoms with van der Waals surface area (Å²) in [6, 6.07) is 8.42. The Morgan fingerprint density at radius 3 is 2.19 bits per heavy atom. The Bertz CT molecular complexity index is 2190. The van der Waals surface area contributed by atoms with Crippen molar-refractivity contribution in [2.24, 2.45) is 4.99 Å². The number of allylic oxidation sites excluding steroid dienone is 6. The van der Waals surface area contributed by atoms with Crippen molar-refractivity contribution >= 4 is 48.6 Å². The number of carbonyl (C=O) groups is 2. The molecule has 43 heavy (non-hydrogen) atoms. The molecule has 0 bridgehead atoms. The lowest BCUT2D eigenvalue weighted by Gasteiger charge is -2.05. The minimum atomic E-state index is -4.38. The highest BCUT2D eigenvalue weighted by molar-refractivity contribution is 7.96. The van der Waals surface area contributed by atoms with Crippen LogP contribution in [0.15, 0.2) is 90.6 Å². The van der Waals surface area contributed by atoms with Crippen LogP contribution in [-0.2, 0) is 24.4 Å². The minimum absolute atomic E-state index is 0.000182. The van der Waals surface area contributed by atoms with Crippen molar-refractivity contribution in [3.05, 3.63) is 121 Å². The number of nitrogens with zero attached hydrogens (tertiary/aromatic N) is 4. The van der Waals surface area contributed by atoms with Crippen LogP contribution in [0.4, 0.5) is 0 Å². The van der Waals surface area contributed by atoms with Gasteiger partial charge in [0.1, 0.15) is 0 Å². The number of rotatable bonds is 5. The monoisotopic (exact) mass is 612 g/mol. The maximum Gasteiger partial charge on any atom is 0.337 e. The molecule has 0 spiro atoms. The molecule has 0 fully saturated rings. The van der Waals surface area contributed by atoms with Crippen LogP contribution in [0.3, 0.4) is 0 Å². The first-order valence-corrected chi connectivity index (χ1v) is 14.7. The van der Waals surface area contributed by atoms with E-state index in [1.54, 1.807) is 6.07 Å². The number of carboxylic acid groups (broad SMARTS) is 1. The molecule has 2 heterocycles. The second kappa shape index (κ2) is 11.2. The standard InChI is InChI=1S/C29H16N4O8S2/c1-31-15-21(33-3)27-19-13-17(29(36)41-4)9-11-23(19)43(39,40)25(27)7-5-6-24-26(20(14-30)32-2)18-12-16(28(34)35)8-10-22(18)42(24,37)38/h5-13H,1,4H3,(H,34,35)/b7-5+,24-6-,26-20+. The predicted molar refractivity (Wildman–Crippen MR) is 152 cm³/mol. The molecule has 0 saturated carbocycles. The number of methoxy groups -OCH3 is 1. The summed E-state index contributed by atoms with van der Waals surface area (Å²) in [5.74, 6) is 0.316. The molecule has 12 nitrogen and oxygen atoms in total. The Kier molecular flexibility index (Phi) is 7.85. The van der Waals surface area contributed by atoms with Crippen molar-refractivity contribution in [3.63, 3.8) is 0 Å². The summed E-state index contributed by atoms with van der Waals surface area (Å²) in [6.45, 7) is 15.0. The van der Waals surface area contributed by atoms with Gasteiger partial charge in [-0.1, -0.05) is 6.08 Å². The minimum Gasteiger partial charge on any atom is -0.478 e. The van der Waals surface area contributed by atoms with Gasteiger partial charge >= 0.3 is 11.9 Å². The summed E-state index contributed by atoms with van der Waals surface area (Å²) in [5.41, 5.74) is -1.85. The SMILES string of the molecule is [C-]#[N+]C(=C=NC)C1=C(/C=C/C=C2/C(=C(\C#N)[N+]#[C-])c3cc(C(=O)O)ccc3S2(=O)=O)S(=O)(=O)c2ccc(C(=O)OC)cc21. The average molecular weight is 613 g/mol. The molecule has 0 saturated heterocycles. The van der Waals surface area contributed by atoms with E-state index in [1.807, 2.05) is 0 Å². The molecule has 14 heteroatoms. The molecule has 2 aliphatic heterocycles. The Morgan fingerprint density at radius 1 is 1.00 bits per heavy atom. The predicted octanol–water partition coefficient (Wildman–Crippen LogP) is 3.85. The number of carboxylic acids is 1. The Balaban J connectivity index is 2.01. The zero-order valence-corrected chi connectivity index (χ0v) is 23.7. The van der Waals surface area contributed by atoms with Gasteiger partial charge in [0, 0.05) is 18.2 Å². The number of aliphatic imine (C=N–C) groups is 1. The number of nitriles is 1. The van der Waals surface area contributed by atoms with Gasteiger partial charge in [0.15, 0.2) is 0 Å². The molecule has 0 unspecified atom stereocenters. The van der Waals surface area contributed by atoms with E-state index >= 15 is 0 Å². The number of carbonyl (C=O) groups excluding carboxylic acids is 1. The molecule has 1 N–H and O–H groups in total. The molecule has 212 valence electrons. The highest BCUT2D eigenvalue weighted by atomic mass is 32.2. The normalized spacial score (nSPS) is 17.6.